The van der Waals surface area contributed by atoms with E-state index in [2.05, 4.69) is 8.83 Å². The molecule has 2 rings (SSSR count). The first kappa shape index (κ1) is 25.2. The molecule has 0 aromatic carbocycles. The summed E-state index contributed by atoms with van der Waals surface area (Å²) in [4.78, 5) is 24.7. The maximum Gasteiger partial charge on any atom is 0.516 e. The van der Waals surface area contributed by atoms with Gasteiger partial charge in [-0.2, -0.15) is 43.2 Å². The Morgan fingerprint density at radius 2 is 1.03 bits per heavy atom. The predicted octanol–water partition coefficient (Wildman–Crippen LogP) is 1.93. The van der Waals surface area contributed by atoms with Crippen LogP contribution in [0.15, 0.2) is 45.6 Å². The Balaban J connectivity index is 2.56. The van der Waals surface area contributed by atoms with Crippen LogP contribution in [0.1, 0.15) is 11.5 Å². The lowest BCUT2D eigenvalue weighted by atomic mass is 10.4. The molecule has 0 N–H and O–H groups in total. The van der Waals surface area contributed by atoms with Gasteiger partial charge >= 0.3 is 42.9 Å². The van der Waals surface area contributed by atoms with Crippen molar-refractivity contribution >= 4 is 31.9 Å². The first-order valence-electron chi connectivity index (χ1n) is 7.81. The SMILES string of the molecule is O=C(C(=O)N(Cc1ccco1)S(=O)(=O)C(F)(F)F)N(Cc1ccco1)S(=O)(=O)C(F)(F)F. The van der Waals surface area contributed by atoms with Gasteiger partial charge < -0.3 is 8.83 Å². The van der Waals surface area contributed by atoms with Gasteiger partial charge in [0.05, 0.1) is 25.6 Å². The summed E-state index contributed by atoms with van der Waals surface area (Å²) >= 11 is 0. The monoisotopic (exact) mass is 512 g/mol. The molecule has 10 nitrogen and oxygen atoms in total. The summed E-state index contributed by atoms with van der Waals surface area (Å²) < 4.78 is 132. The van der Waals surface area contributed by atoms with Gasteiger partial charge in [0.15, 0.2) is 0 Å². The number of sulfonamides is 2. The van der Waals surface area contributed by atoms with Crippen molar-refractivity contribution in [2.45, 2.75) is 24.1 Å². The molecule has 18 heteroatoms. The minimum absolute atomic E-state index is 0.616. The summed E-state index contributed by atoms with van der Waals surface area (Å²) in [6, 6.07) is 3.92. The number of hydrogen-bond donors (Lipinski definition) is 0. The smallest absolute Gasteiger partial charge is 0.467 e. The number of halogens is 6. The second-order valence-corrected chi connectivity index (χ2v) is 9.39. The Kier molecular flexibility index (Phi) is 6.70. The minimum atomic E-state index is -6.66. The molecule has 178 valence electrons. The highest BCUT2D eigenvalue weighted by atomic mass is 32.2. The van der Waals surface area contributed by atoms with Crippen LogP contribution >= 0.6 is 0 Å². The number of alkyl halides is 6. The lowest BCUT2D eigenvalue weighted by Crippen LogP contribution is -2.53. The Hall–Kier alpha value is -3.02. The third-order valence-corrected chi connectivity index (χ3v) is 6.48. The molecular formula is C14H10F6N2O8S2. The molecule has 0 aliphatic carbocycles. The molecule has 32 heavy (non-hydrogen) atoms. The molecule has 0 saturated carbocycles. The Morgan fingerprint density at radius 1 is 0.719 bits per heavy atom. The molecule has 0 atom stereocenters. The summed E-state index contributed by atoms with van der Waals surface area (Å²) in [5.41, 5.74) is -12.4. The van der Waals surface area contributed by atoms with Crippen molar-refractivity contribution in [2.24, 2.45) is 0 Å². The minimum Gasteiger partial charge on any atom is -0.467 e. The zero-order chi connectivity index (χ0) is 24.5. The third kappa shape index (κ3) is 4.90. The van der Waals surface area contributed by atoms with Crippen LogP contribution in [0.2, 0.25) is 0 Å². The van der Waals surface area contributed by atoms with E-state index in [1.54, 1.807) is 0 Å². The molecule has 0 saturated heterocycles. The van der Waals surface area contributed by atoms with Gasteiger partial charge in [0, 0.05) is 0 Å². The van der Waals surface area contributed by atoms with Gasteiger partial charge in [0.2, 0.25) is 0 Å². The van der Waals surface area contributed by atoms with Crippen molar-refractivity contribution in [3.05, 3.63) is 48.3 Å². The summed E-state index contributed by atoms with van der Waals surface area (Å²) in [7, 11) is -13.3. The maximum atomic E-state index is 13.0. The predicted molar refractivity (Wildman–Crippen MR) is 88.5 cm³/mol. The van der Waals surface area contributed by atoms with Gasteiger partial charge in [-0.05, 0) is 24.3 Å². The van der Waals surface area contributed by atoms with Gasteiger partial charge in [-0.1, -0.05) is 0 Å². The molecule has 0 spiro atoms. The van der Waals surface area contributed by atoms with Crippen LogP contribution in [0.3, 0.4) is 0 Å². The Morgan fingerprint density at radius 3 is 1.25 bits per heavy atom. The molecule has 0 aliphatic heterocycles. The quantitative estimate of drug-likeness (QED) is 0.423. The van der Waals surface area contributed by atoms with Crippen LogP contribution in [0.5, 0.6) is 0 Å². The van der Waals surface area contributed by atoms with E-state index in [-0.39, 0.29) is 0 Å². The molecule has 0 bridgehead atoms. The summed E-state index contributed by atoms with van der Waals surface area (Å²) in [6.45, 7) is -3.14. The van der Waals surface area contributed by atoms with E-state index < -0.39 is 76.1 Å². The molecule has 0 fully saturated rings. The first-order valence-corrected chi connectivity index (χ1v) is 10.7. The summed E-state index contributed by atoms with van der Waals surface area (Å²) in [5, 5.41) is 0. The second-order valence-electron chi connectivity index (χ2n) is 5.68. The first-order chi connectivity index (χ1) is 14.5. The molecule has 2 aromatic heterocycles. The average molecular weight is 512 g/mol. The number of hydrogen-bond acceptors (Lipinski definition) is 8. The highest BCUT2D eigenvalue weighted by Crippen LogP contribution is 2.31. The van der Waals surface area contributed by atoms with E-state index in [1.807, 2.05) is 0 Å². The van der Waals surface area contributed by atoms with Crippen LogP contribution < -0.4 is 0 Å². The number of rotatable bonds is 6. The fourth-order valence-electron chi connectivity index (χ4n) is 2.08. The van der Waals surface area contributed by atoms with Crippen LogP contribution in [0, 0.1) is 0 Å². The number of furan rings is 2. The lowest BCUT2D eigenvalue weighted by Gasteiger charge is -2.26. The van der Waals surface area contributed by atoms with Crippen LogP contribution in [0.4, 0.5) is 26.3 Å². The molecule has 0 radical (unpaired) electrons. The maximum absolute atomic E-state index is 13.0. The fourth-order valence-corrected chi connectivity index (χ4v) is 3.77. The second kappa shape index (κ2) is 8.49. The topological polar surface area (TPSA) is 135 Å². The molecule has 0 aliphatic rings. The van der Waals surface area contributed by atoms with Gasteiger partial charge in [-0.15, -0.1) is 0 Å². The Bertz CT molecular complexity index is 1070. The van der Waals surface area contributed by atoms with E-state index in [9.17, 15) is 52.8 Å². The van der Waals surface area contributed by atoms with E-state index in [0.717, 1.165) is 36.8 Å². The Labute approximate surface area is 175 Å². The average Bonchev–Trinajstić information content (AvgIpc) is 3.34. The van der Waals surface area contributed by atoms with Crippen molar-refractivity contribution in [3.63, 3.8) is 0 Å². The van der Waals surface area contributed by atoms with E-state index >= 15 is 0 Å². The van der Waals surface area contributed by atoms with Crippen LogP contribution in [0.25, 0.3) is 0 Å². The number of amides is 2. The molecule has 0 unspecified atom stereocenters. The molecule has 2 amide bonds. The summed E-state index contributed by atoms with van der Waals surface area (Å²) in [5.74, 6) is -6.71. The fraction of sp³-hybridized carbons (Fsp3) is 0.286. The zero-order valence-electron chi connectivity index (χ0n) is 15.1. The summed E-state index contributed by atoms with van der Waals surface area (Å²) in [6.07, 6.45) is 1.72. The largest absolute Gasteiger partial charge is 0.516 e. The van der Waals surface area contributed by atoms with E-state index in [0.29, 0.717) is 0 Å². The molecule has 2 aromatic rings. The number of nitrogens with zero attached hydrogens (tertiary/aromatic N) is 2. The van der Waals surface area contributed by atoms with Gasteiger partial charge in [0.25, 0.3) is 0 Å². The van der Waals surface area contributed by atoms with Crippen LogP contribution in [-0.2, 0) is 42.7 Å². The van der Waals surface area contributed by atoms with Gasteiger partial charge in [-0.25, -0.2) is 8.61 Å². The molecule has 2 heterocycles. The third-order valence-electron chi connectivity index (χ3n) is 3.56. The van der Waals surface area contributed by atoms with Crippen molar-refractivity contribution < 1.29 is 61.6 Å². The van der Waals surface area contributed by atoms with Gasteiger partial charge in [-0.3, -0.25) is 9.59 Å². The van der Waals surface area contributed by atoms with E-state index in [1.165, 1.54) is 0 Å². The van der Waals surface area contributed by atoms with Crippen molar-refractivity contribution in [3.8, 4) is 0 Å². The highest BCUT2D eigenvalue weighted by Gasteiger charge is 2.57. The standard InChI is InChI=1S/C14H10F6N2O8S2/c15-13(16,17)31(25,26)21(7-9-3-1-5-29-9)11(23)12(24)22(8-10-4-2-6-30-10)32(27,28)14(18,19)20/h1-6H,7-8H2. The van der Waals surface area contributed by atoms with E-state index in [4.69, 9.17) is 0 Å². The lowest BCUT2D eigenvalue weighted by molar-refractivity contribution is -0.148. The van der Waals surface area contributed by atoms with Gasteiger partial charge in [0.1, 0.15) is 11.5 Å². The molecular weight excluding hydrogens is 502 g/mol. The van der Waals surface area contributed by atoms with Crippen LogP contribution in [-0.4, -0.2) is 48.3 Å². The zero-order valence-corrected chi connectivity index (χ0v) is 16.8. The van der Waals surface area contributed by atoms with Crippen molar-refractivity contribution in [1.82, 2.24) is 8.61 Å². The van der Waals surface area contributed by atoms with Crippen molar-refractivity contribution in [2.75, 3.05) is 0 Å². The normalized spacial score (nSPS) is 13.1. The number of carbonyl (C=O) groups excluding carboxylic acids is 2. The number of carbonyl (C=O) groups is 2. The van der Waals surface area contributed by atoms with Crippen molar-refractivity contribution in [1.29, 1.82) is 0 Å². The highest BCUT2D eigenvalue weighted by molar-refractivity contribution is 7.91.